The monoisotopic (exact) mass is 468 g/mol. The van der Waals surface area contributed by atoms with E-state index in [-0.39, 0.29) is 11.8 Å². The highest BCUT2D eigenvalue weighted by atomic mass is 16.5. The molecular formula is C29H40O5. The maximum absolute atomic E-state index is 12.2. The first kappa shape index (κ1) is 27.4. The minimum atomic E-state index is -0.187. The van der Waals surface area contributed by atoms with Crippen molar-refractivity contribution in [2.24, 2.45) is 0 Å². The number of benzene rings is 2. The van der Waals surface area contributed by atoms with E-state index in [1.807, 2.05) is 52.0 Å². The van der Waals surface area contributed by atoms with Crippen molar-refractivity contribution in [3.63, 3.8) is 0 Å². The second-order valence-electron chi connectivity index (χ2n) is 9.43. The van der Waals surface area contributed by atoms with E-state index in [2.05, 4.69) is 0 Å². The van der Waals surface area contributed by atoms with E-state index >= 15 is 0 Å². The Hall–Kier alpha value is -2.82. The Morgan fingerprint density at radius 1 is 0.647 bits per heavy atom. The number of esters is 1. The van der Waals surface area contributed by atoms with Gasteiger partial charge in [0.25, 0.3) is 0 Å². The maximum Gasteiger partial charge on any atom is 0.306 e. The van der Waals surface area contributed by atoms with Gasteiger partial charge in [-0.05, 0) is 86.8 Å². The summed E-state index contributed by atoms with van der Waals surface area (Å²) in [5.41, 5.74) is 5.50. The van der Waals surface area contributed by atoms with Gasteiger partial charge in [0.05, 0.1) is 6.61 Å². The van der Waals surface area contributed by atoms with Gasteiger partial charge < -0.3 is 14.9 Å². The number of aryl methyl sites for hydroxylation is 6. The third-order valence-electron chi connectivity index (χ3n) is 6.28. The number of ether oxygens (including phenoxy) is 1. The zero-order valence-corrected chi connectivity index (χ0v) is 21.2. The first-order valence-electron chi connectivity index (χ1n) is 12.4. The van der Waals surface area contributed by atoms with E-state index in [1.54, 1.807) is 0 Å². The van der Waals surface area contributed by atoms with Gasteiger partial charge >= 0.3 is 5.97 Å². The fourth-order valence-corrected chi connectivity index (χ4v) is 4.25. The number of carbonyl (C=O) groups excluding carboxylic acids is 2. The van der Waals surface area contributed by atoms with Crippen LogP contribution in [-0.4, -0.2) is 28.6 Å². The van der Waals surface area contributed by atoms with Crippen LogP contribution in [0, 0.1) is 27.7 Å². The first-order chi connectivity index (χ1) is 16.2. The molecule has 0 aliphatic heterocycles. The van der Waals surface area contributed by atoms with Crippen LogP contribution in [-0.2, 0) is 27.2 Å². The third kappa shape index (κ3) is 9.20. The molecule has 2 aromatic rings. The number of unbranched alkanes of at least 4 members (excludes halogenated alkanes) is 4. The topological polar surface area (TPSA) is 83.8 Å². The molecule has 0 saturated carbocycles. The zero-order chi connectivity index (χ0) is 25.1. The Labute approximate surface area is 204 Å². The van der Waals surface area contributed by atoms with Crippen LogP contribution < -0.4 is 0 Å². The van der Waals surface area contributed by atoms with Crippen LogP contribution in [0.4, 0.5) is 0 Å². The molecule has 0 unspecified atom stereocenters. The predicted molar refractivity (Wildman–Crippen MR) is 135 cm³/mol. The van der Waals surface area contributed by atoms with E-state index in [9.17, 15) is 19.8 Å². The van der Waals surface area contributed by atoms with Gasteiger partial charge in [0.1, 0.15) is 17.3 Å². The molecule has 0 aromatic heterocycles. The number of phenolic OH excluding ortho intramolecular Hbond substituents is 2. The molecule has 5 heteroatoms. The Morgan fingerprint density at radius 2 is 1.09 bits per heavy atom. The SMILES string of the molecule is Cc1cc(CCC(=O)CCCCCCCOC(=O)CCc2cc(C)c(O)c(C)c2)cc(C)c1O. The lowest BCUT2D eigenvalue weighted by Crippen LogP contribution is -2.07. The highest BCUT2D eigenvalue weighted by Gasteiger charge is 2.08. The third-order valence-corrected chi connectivity index (χ3v) is 6.28. The lowest BCUT2D eigenvalue weighted by molar-refractivity contribution is -0.143. The molecule has 0 aliphatic carbocycles. The molecule has 34 heavy (non-hydrogen) atoms. The quantitative estimate of drug-likeness (QED) is 0.249. The van der Waals surface area contributed by atoms with Crippen LogP contribution in [0.5, 0.6) is 11.5 Å². The number of Topliss-reactive ketones (excluding diaryl/α,β-unsaturated/α-hetero) is 1. The van der Waals surface area contributed by atoms with Crippen molar-refractivity contribution in [1.29, 1.82) is 0 Å². The van der Waals surface area contributed by atoms with Crippen molar-refractivity contribution < 1.29 is 24.5 Å². The van der Waals surface area contributed by atoms with E-state index < -0.39 is 0 Å². The predicted octanol–water partition coefficient (Wildman–Crippen LogP) is 6.35. The van der Waals surface area contributed by atoms with Crippen LogP contribution in [0.2, 0.25) is 0 Å². The first-order valence-corrected chi connectivity index (χ1v) is 12.4. The molecule has 186 valence electrons. The van der Waals surface area contributed by atoms with Crippen LogP contribution in [0.15, 0.2) is 24.3 Å². The molecule has 0 spiro atoms. The Kier molecular flexibility index (Phi) is 11.1. The summed E-state index contributed by atoms with van der Waals surface area (Å²) in [6.07, 6.45) is 7.61. The fraction of sp³-hybridized carbons (Fsp3) is 0.517. The molecule has 0 atom stereocenters. The maximum atomic E-state index is 12.2. The van der Waals surface area contributed by atoms with E-state index in [0.717, 1.165) is 71.9 Å². The summed E-state index contributed by atoms with van der Waals surface area (Å²) in [6.45, 7) is 7.93. The second-order valence-corrected chi connectivity index (χ2v) is 9.43. The highest BCUT2D eigenvalue weighted by molar-refractivity contribution is 5.78. The van der Waals surface area contributed by atoms with Crippen molar-refractivity contribution in [2.45, 2.75) is 91.9 Å². The van der Waals surface area contributed by atoms with Gasteiger partial charge in [0.15, 0.2) is 0 Å². The summed E-state index contributed by atoms with van der Waals surface area (Å²) in [5, 5.41) is 19.7. The number of aromatic hydroxyl groups is 2. The minimum Gasteiger partial charge on any atom is -0.507 e. The summed E-state index contributed by atoms with van der Waals surface area (Å²) >= 11 is 0. The van der Waals surface area contributed by atoms with Crippen LogP contribution in [0.1, 0.15) is 84.7 Å². The molecule has 5 nitrogen and oxygen atoms in total. The van der Waals surface area contributed by atoms with Crippen molar-refractivity contribution >= 4 is 11.8 Å². The number of phenols is 2. The van der Waals surface area contributed by atoms with E-state index in [4.69, 9.17) is 4.74 Å². The van der Waals surface area contributed by atoms with Gasteiger partial charge in [-0.25, -0.2) is 0 Å². The molecule has 2 rings (SSSR count). The van der Waals surface area contributed by atoms with Gasteiger partial charge in [-0.1, -0.05) is 43.5 Å². The summed E-state index contributed by atoms with van der Waals surface area (Å²) in [7, 11) is 0. The second kappa shape index (κ2) is 13.8. The molecule has 0 bridgehead atoms. The van der Waals surface area contributed by atoms with Crippen LogP contribution in [0.3, 0.4) is 0 Å². The Morgan fingerprint density at radius 3 is 1.62 bits per heavy atom. The average molecular weight is 469 g/mol. The molecule has 0 amide bonds. The van der Waals surface area contributed by atoms with E-state index in [1.165, 1.54) is 0 Å². The van der Waals surface area contributed by atoms with Gasteiger partial charge in [0.2, 0.25) is 0 Å². The molecule has 0 heterocycles. The van der Waals surface area contributed by atoms with Crippen molar-refractivity contribution in [3.8, 4) is 11.5 Å². The largest absolute Gasteiger partial charge is 0.507 e. The Balaban J connectivity index is 1.49. The number of hydrogen-bond acceptors (Lipinski definition) is 5. The lowest BCUT2D eigenvalue weighted by atomic mass is 9.99. The number of ketones is 1. The molecule has 0 fully saturated rings. The van der Waals surface area contributed by atoms with Gasteiger partial charge in [-0.3, -0.25) is 9.59 Å². The molecule has 0 radical (unpaired) electrons. The standard InChI is InChI=1S/C29H40O5/c1-20-16-24(17-21(2)28(20)32)11-13-26(30)10-8-6-5-7-9-15-34-27(31)14-12-25-18-22(3)29(33)23(4)19-25/h16-19,32-33H,5-15H2,1-4H3. The minimum absolute atomic E-state index is 0.187. The number of hydrogen-bond donors (Lipinski definition) is 2. The van der Waals surface area contributed by atoms with Crippen molar-refractivity contribution in [2.75, 3.05) is 6.61 Å². The average Bonchev–Trinajstić information content (AvgIpc) is 2.79. The summed E-state index contributed by atoms with van der Waals surface area (Å²) in [6, 6.07) is 7.74. The summed E-state index contributed by atoms with van der Waals surface area (Å²) < 4.78 is 5.33. The normalized spacial score (nSPS) is 10.9. The fourth-order valence-electron chi connectivity index (χ4n) is 4.25. The van der Waals surface area contributed by atoms with Gasteiger partial charge in [-0.2, -0.15) is 0 Å². The molecule has 0 saturated heterocycles. The number of rotatable bonds is 14. The number of carbonyl (C=O) groups is 2. The van der Waals surface area contributed by atoms with Crippen molar-refractivity contribution in [3.05, 3.63) is 57.6 Å². The van der Waals surface area contributed by atoms with Crippen LogP contribution >= 0.6 is 0 Å². The summed E-state index contributed by atoms with van der Waals surface area (Å²) in [5.74, 6) is 0.753. The van der Waals surface area contributed by atoms with Crippen molar-refractivity contribution in [1.82, 2.24) is 0 Å². The van der Waals surface area contributed by atoms with E-state index in [0.29, 0.717) is 43.8 Å². The smallest absolute Gasteiger partial charge is 0.306 e. The Bertz CT molecular complexity index is 851. The van der Waals surface area contributed by atoms with Crippen LogP contribution in [0.25, 0.3) is 0 Å². The van der Waals surface area contributed by atoms with Gasteiger partial charge in [-0.15, -0.1) is 0 Å². The molecular weight excluding hydrogens is 428 g/mol. The highest BCUT2D eigenvalue weighted by Crippen LogP contribution is 2.24. The molecule has 0 aliphatic rings. The summed E-state index contributed by atoms with van der Waals surface area (Å²) in [4.78, 5) is 24.1. The lowest BCUT2D eigenvalue weighted by Gasteiger charge is -2.08. The molecule has 2 aromatic carbocycles. The zero-order valence-electron chi connectivity index (χ0n) is 21.2. The molecule has 2 N–H and O–H groups in total. The van der Waals surface area contributed by atoms with Gasteiger partial charge in [0, 0.05) is 19.3 Å².